The second-order valence-electron chi connectivity index (χ2n) is 5.81. The number of nitrogens with one attached hydrogen (secondary N) is 2. The number of carbonyl (C=O) groups is 2. The Bertz CT molecular complexity index is 636. The molecular weight excluding hydrogens is 292 g/mol. The lowest BCUT2D eigenvalue weighted by Crippen LogP contribution is -2.39. The molecule has 0 bridgehead atoms. The highest BCUT2D eigenvalue weighted by atomic mass is 16.2. The molecule has 1 aliphatic rings. The van der Waals surface area contributed by atoms with Gasteiger partial charge in [-0.2, -0.15) is 5.26 Å². The highest BCUT2D eigenvalue weighted by Crippen LogP contribution is 2.25. The fourth-order valence-electron chi connectivity index (χ4n) is 2.63. The Morgan fingerprint density at radius 1 is 1.48 bits per heavy atom. The Hall–Kier alpha value is -2.55. The van der Waals surface area contributed by atoms with Crippen LogP contribution in [0.1, 0.15) is 31.7 Å². The molecular formula is C17H22N4O2. The molecule has 6 heteroatoms. The van der Waals surface area contributed by atoms with E-state index in [-0.39, 0.29) is 17.9 Å². The van der Waals surface area contributed by atoms with Gasteiger partial charge >= 0.3 is 0 Å². The predicted octanol–water partition coefficient (Wildman–Crippen LogP) is 2.13. The van der Waals surface area contributed by atoms with Crippen LogP contribution >= 0.6 is 0 Å². The number of nitriles is 1. The van der Waals surface area contributed by atoms with E-state index in [2.05, 4.69) is 10.6 Å². The fourth-order valence-corrected chi connectivity index (χ4v) is 2.63. The van der Waals surface area contributed by atoms with Gasteiger partial charge in [-0.3, -0.25) is 9.59 Å². The van der Waals surface area contributed by atoms with Gasteiger partial charge in [-0.1, -0.05) is 0 Å². The standard InChI is InChI=1S/C17H22N4O2/c1-12(17(23)21(2)10-4-9-18)19-14-7-8-15-13(11-14)5-3-6-16(22)20-15/h7-8,11-12,19H,3-6,10H2,1-2H3,(H,20,22). The number of aryl methyl sites for hydroxylation is 1. The maximum atomic E-state index is 12.2. The molecule has 2 amide bonds. The van der Waals surface area contributed by atoms with Gasteiger partial charge in [0.05, 0.1) is 12.5 Å². The van der Waals surface area contributed by atoms with Gasteiger partial charge in [-0.25, -0.2) is 0 Å². The normalized spacial score (nSPS) is 14.7. The van der Waals surface area contributed by atoms with Gasteiger partial charge in [-0.05, 0) is 43.5 Å². The van der Waals surface area contributed by atoms with E-state index >= 15 is 0 Å². The average Bonchev–Trinajstić information content (AvgIpc) is 2.72. The van der Waals surface area contributed by atoms with Crippen molar-refractivity contribution in [3.05, 3.63) is 23.8 Å². The molecule has 0 aromatic heterocycles. The Kier molecular flexibility index (Phi) is 5.58. The van der Waals surface area contributed by atoms with Crippen molar-refractivity contribution in [1.82, 2.24) is 4.90 Å². The van der Waals surface area contributed by atoms with Crippen molar-refractivity contribution in [1.29, 1.82) is 5.26 Å². The van der Waals surface area contributed by atoms with E-state index in [4.69, 9.17) is 5.26 Å². The van der Waals surface area contributed by atoms with Gasteiger partial charge in [0.25, 0.3) is 0 Å². The van der Waals surface area contributed by atoms with E-state index in [1.165, 1.54) is 0 Å². The molecule has 0 saturated carbocycles. The van der Waals surface area contributed by atoms with Crippen molar-refractivity contribution in [3.63, 3.8) is 0 Å². The number of amides is 2. The summed E-state index contributed by atoms with van der Waals surface area (Å²) in [4.78, 5) is 25.4. The first-order valence-electron chi connectivity index (χ1n) is 7.82. The van der Waals surface area contributed by atoms with E-state index in [1.807, 2.05) is 24.3 Å². The molecule has 0 radical (unpaired) electrons. The highest BCUT2D eigenvalue weighted by molar-refractivity contribution is 5.92. The summed E-state index contributed by atoms with van der Waals surface area (Å²) in [7, 11) is 1.70. The van der Waals surface area contributed by atoms with Crippen molar-refractivity contribution in [2.24, 2.45) is 0 Å². The van der Waals surface area contributed by atoms with Crippen LogP contribution in [0.3, 0.4) is 0 Å². The van der Waals surface area contributed by atoms with Gasteiger partial charge in [0.15, 0.2) is 0 Å². The number of hydrogen-bond acceptors (Lipinski definition) is 4. The van der Waals surface area contributed by atoms with Crippen molar-refractivity contribution >= 4 is 23.2 Å². The lowest BCUT2D eigenvalue weighted by atomic mass is 10.1. The van der Waals surface area contributed by atoms with Crippen molar-refractivity contribution in [2.45, 2.75) is 38.6 Å². The number of nitrogens with zero attached hydrogens (tertiary/aromatic N) is 2. The number of fused-ring (bicyclic) bond motifs is 1. The Labute approximate surface area is 136 Å². The minimum atomic E-state index is -0.378. The van der Waals surface area contributed by atoms with Crippen molar-refractivity contribution in [3.8, 4) is 6.07 Å². The third-order valence-electron chi connectivity index (χ3n) is 3.92. The third kappa shape index (κ3) is 4.46. The first kappa shape index (κ1) is 16.8. The van der Waals surface area contributed by atoms with Gasteiger partial charge in [-0.15, -0.1) is 0 Å². The molecule has 0 saturated heterocycles. The maximum Gasteiger partial charge on any atom is 0.244 e. The van der Waals surface area contributed by atoms with Crippen LogP contribution in [0.5, 0.6) is 0 Å². The minimum Gasteiger partial charge on any atom is -0.374 e. The molecule has 122 valence electrons. The van der Waals surface area contributed by atoms with Crippen LogP contribution in [0.2, 0.25) is 0 Å². The molecule has 2 N–H and O–H groups in total. The van der Waals surface area contributed by atoms with Crippen LogP contribution in [-0.2, 0) is 16.0 Å². The fraction of sp³-hybridized carbons (Fsp3) is 0.471. The van der Waals surface area contributed by atoms with Crippen LogP contribution in [0.25, 0.3) is 0 Å². The minimum absolute atomic E-state index is 0.0483. The zero-order valence-corrected chi connectivity index (χ0v) is 13.6. The molecule has 1 heterocycles. The summed E-state index contributed by atoms with van der Waals surface area (Å²) in [6.07, 6.45) is 2.53. The molecule has 0 fully saturated rings. The van der Waals surface area contributed by atoms with Crippen LogP contribution in [0, 0.1) is 11.3 Å². The number of hydrogen-bond donors (Lipinski definition) is 2. The zero-order valence-electron chi connectivity index (χ0n) is 13.6. The van der Waals surface area contributed by atoms with E-state index in [0.29, 0.717) is 19.4 Å². The SMILES string of the molecule is CC(Nc1ccc2c(c1)CCCC(=O)N2)C(=O)N(C)CCC#N. The number of carbonyl (C=O) groups excluding carboxylic acids is 2. The van der Waals surface area contributed by atoms with E-state index < -0.39 is 0 Å². The smallest absolute Gasteiger partial charge is 0.244 e. The van der Waals surface area contributed by atoms with Gasteiger partial charge in [0.1, 0.15) is 6.04 Å². The molecule has 2 rings (SSSR count). The molecule has 0 spiro atoms. The number of rotatable bonds is 5. The molecule has 6 nitrogen and oxygen atoms in total. The Morgan fingerprint density at radius 3 is 3.00 bits per heavy atom. The molecule has 23 heavy (non-hydrogen) atoms. The first-order chi connectivity index (χ1) is 11.0. The van der Waals surface area contributed by atoms with Crippen molar-refractivity contribution in [2.75, 3.05) is 24.2 Å². The van der Waals surface area contributed by atoms with E-state index in [1.54, 1.807) is 18.9 Å². The monoisotopic (exact) mass is 314 g/mol. The highest BCUT2D eigenvalue weighted by Gasteiger charge is 2.18. The van der Waals surface area contributed by atoms with Gasteiger partial charge in [0, 0.05) is 31.4 Å². The predicted molar refractivity (Wildman–Crippen MR) is 89.0 cm³/mol. The maximum absolute atomic E-state index is 12.2. The lowest BCUT2D eigenvalue weighted by molar-refractivity contribution is -0.130. The molecule has 1 atom stereocenters. The second kappa shape index (κ2) is 7.63. The van der Waals surface area contributed by atoms with Gasteiger partial charge in [0.2, 0.25) is 11.8 Å². The molecule has 1 unspecified atom stereocenters. The van der Waals surface area contributed by atoms with E-state index in [9.17, 15) is 9.59 Å². The third-order valence-corrected chi connectivity index (χ3v) is 3.92. The summed E-state index contributed by atoms with van der Waals surface area (Å²) in [5, 5.41) is 14.7. The number of anilines is 2. The van der Waals surface area contributed by atoms with Crippen LogP contribution in [0.15, 0.2) is 18.2 Å². The van der Waals surface area contributed by atoms with Gasteiger partial charge < -0.3 is 15.5 Å². The molecule has 1 aromatic rings. The number of benzene rings is 1. The summed E-state index contributed by atoms with van der Waals surface area (Å²) < 4.78 is 0. The first-order valence-corrected chi connectivity index (χ1v) is 7.82. The Morgan fingerprint density at radius 2 is 2.26 bits per heavy atom. The Balaban J connectivity index is 2.03. The number of likely N-dealkylation sites (N-methyl/N-ethyl adjacent to an activating group) is 1. The molecule has 1 aromatic carbocycles. The topological polar surface area (TPSA) is 85.2 Å². The van der Waals surface area contributed by atoms with Crippen molar-refractivity contribution < 1.29 is 9.59 Å². The quantitative estimate of drug-likeness (QED) is 0.872. The molecule has 1 aliphatic heterocycles. The second-order valence-corrected chi connectivity index (χ2v) is 5.81. The summed E-state index contributed by atoms with van der Waals surface area (Å²) in [6, 6.07) is 7.38. The summed E-state index contributed by atoms with van der Waals surface area (Å²) in [6.45, 7) is 2.23. The lowest BCUT2D eigenvalue weighted by Gasteiger charge is -2.22. The molecule has 0 aliphatic carbocycles. The summed E-state index contributed by atoms with van der Waals surface area (Å²) in [5.74, 6) is -0.00406. The zero-order chi connectivity index (χ0) is 16.8. The van der Waals surface area contributed by atoms with Crippen LogP contribution in [-0.4, -0.2) is 36.3 Å². The van der Waals surface area contributed by atoms with Crippen LogP contribution in [0.4, 0.5) is 11.4 Å². The van der Waals surface area contributed by atoms with Crippen LogP contribution < -0.4 is 10.6 Å². The largest absolute Gasteiger partial charge is 0.374 e. The van der Waals surface area contributed by atoms with E-state index in [0.717, 1.165) is 29.8 Å². The summed E-state index contributed by atoms with van der Waals surface area (Å²) >= 11 is 0. The average molecular weight is 314 g/mol. The summed E-state index contributed by atoms with van der Waals surface area (Å²) in [5.41, 5.74) is 2.79.